The molecule has 13 nitrogen and oxygen atoms in total. The van der Waals surface area contributed by atoms with Crippen molar-refractivity contribution in [2.75, 3.05) is 12.4 Å². The molecule has 0 radical (unpaired) electrons. The average Bonchev–Trinajstić information content (AvgIpc) is 3.44. The number of amides is 1. The topological polar surface area (TPSA) is 176 Å². The van der Waals surface area contributed by atoms with E-state index in [1.807, 2.05) is 18.2 Å². The summed E-state index contributed by atoms with van der Waals surface area (Å²) in [6, 6.07) is 25.0. The molecule has 0 bridgehead atoms. The third-order valence-electron chi connectivity index (χ3n) is 6.53. The number of para-hydroxylation sites is 3. The maximum atomic E-state index is 13.8. The second-order valence-electron chi connectivity index (χ2n) is 9.26. The Labute approximate surface area is 249 Å². The highest BCUT2D eigenvalue weighted by atomic mass is 16.5. The van der Waals surface area contributed by atoms with Crippen LogP contribution in [-0.4, -0.2) is 42.7 Å². The highest BCUT2D eigenvalue weighted by molar-refractivity contribution is 5.96. The van der Waals surface area contributed by atoms with Gasteiger partial charge in [-0.05, 0) is 30.3 Å². The largest absolute Gasteiger partial charge is 0.495 e. The number of rotatable bonds is 8. The summed E-state index contributed by atoms with van der Waals surface area (Å²) in [5, 5.41) is 26.6. The minimum atomic E-state index is -1.45. The fourth-order valence-electron chi connectivity index (χ4n) is 4.47. The molecule has 0 spiro atoms. The molecule has 0 aliphatic rings. The summed E-state index contributed by atoms with van der Waals surface area (Å²) in [6.07, 6.45) is 3.04. The summed E-state index contributed by atoms with van der Waals surface area (Å²) in [4.78, 5) is 42.5. The van der Waals surface area contributed by atoms with E-state index in [-0.39, 0.29) is 23.2 Å². The number of benzene rings is 3. The Hall–Kier alpha value is -6.55. The number of aromatic nitrogens is 6. The zero-order valence-electron chi connectivity index (χ0n) is 23.1. The van der Waals surface area contributed by atoms with Gasteiger partial charge in [-0.3, -0.25) is 9.59 Å². The molecule has 2 N–H and O–H groups in total. The maximum absolute atomic E-state index is 13.8. The van der Waals surface area contributed by atoms with E-state index in [4.69, 9.17) is 4.74 Å². The van der Waals surface area contributed by atoms with Crippen LogP contribution in [0.5, 0.6) is 5.75 Å². The van der Waals surface area contributed by atoms with E-state index in [2.05, 4.69) is 46.6 Å². The normalized spacial score (nSPS) is 11.7. The van der Waals surface area contributed by atoms with Crippen LogP contribution in [0.4, 0.5) is 11.5 Å². The molecule has 6 aromatic rings. The number of ether oxygens (including phenoxy) is 1. The maximum Gasteiger partial charge on any atom is 0.259 e. The van der Waals surface area contributed by atoms with Crippen LogP contribution < -0.4 is 15.6 Å². The zero-order valence-corrected chi connectivity index (χ0v) is 23.1. The van der Waals surface area contributed by atoms with Crippen LogP contribution in [0.25, 0.3) is 28.1 Å². The summed E-state index contributed by atoms with van der Waals surface area (Å²) >= 11 is 0. The summed E-state index contributed by atoms with van der Waals surface area (Å²) < 4.78 is 6.65. The third kappa shape index (κ3) is 5.38. The van der Waals surface area contributed by atoms with E-state index < -0.39 is 17.5 Å². The number of nitrogens with one attached hydrogen (secondary N) is 2. The van der Waals surface area contributed by atoms with Crippen LogP contribution in [0.3, 0.4) is 0 Å². The average molecular weight is 583 g/mol. The second-order valence-corrected chi connectivity index (χ2v) is 9.26. The molecule has 0 aliphatic carbocycles. The number of nitrogens with zero attached hydrogens (tertiary/aromatic N) is 8. The molecular weight excluding hydrogens is 560 g/mol. The van der Waals surface area contributed by atoms with Crippen molar-refractivity contribution < 1.29 is 9.53 Å². The van der Waals surface area contributed by atoms with Gasteiger partial charge in [0.2, 0.25) is 6.04 Å². The van der Waals surface area contributed by atoms with Gasteiger partial charge in [-0.15, -0.1) is 5.11 Å². The van der Waals surface area contributed by atoms with Gasteiger partial charge in [0.25, 0.3) is 17.4 Å². The number of carbonyl (C=O) groups is 1. The van der Waals surface area contributed by atoms with Crippen LogP contribution in [0, 0.1) is 11.3 Å². The molecule has 1 atom stereocenters. The monoisotopic (exact) mass is 582 g/mol. The van der Waals surface area contributed by atoms with Crippen molar-refractivity contribution in [3.63, 3.8) is 0 Å². The standard InChI is InChI=1S/C31H22N10O3/c1-44-24-15-8-7-14-23(24)36-30(43)26(27-35-22-13-6-5-12-20(22)29(42)37-27)38-39-28-21(18-32)25(19-10-3-2-4-11-19)40-41(28)31-33-16-9-17-34-31/h2-17,26H,1H3,(H,36,43)(H,35,37,42). The molecule has 0 aliphatic heterocycles. The predicted molar refractivity (Wildman–Crippen MR) is 161 cm³/mol. The van der Waals surface area contributed by atoms with Crippen molar-refractivity contribution in [3.05, 3.63) is 119 Å². The molecule has 214 valence electrons. The first-order valence-corrected chi connectivity index (χ1v) is 13.3. The smallest absolute Gasteiger partial charge is 0.259 e. The summed E-state index contributed by atoms with van der Waals surface area (Å²) in [5.74, 6) is -0.201. The van der Waals surface area contributed by atoms with Crippen molar-refractivity contribution in [1.29, 1.82) is 5.26 Å². The highest BCUT2D eigenvalue weighted by Gasteiger charge is 2.27. The Morgan fingerprint density at radius 3 is 2.50 bits per heavy atom. The summed E-state index contributed by atoms with van der Waals surface area (Å²) in [7, 11) is 1.48. The van der Waals surface area contributed by atoms with Crippen LogP contribution in [-0.2, 0) is 4.79 Å². The fraction of sp³-hybridized carbons (Fsp3) is 0.0645. The number of H-pyrrole nitrogens is 1. The molecule has 1 amide bonds. The number of hydrogen-bond donors (Lipinski definition) is 2. The number of carbonyl (C=O) groups excluding carboxylic acids is 1. The third-order valence-corrected chi connectivity index (χ3v) is 6.53. The number of fused-ring (bicyclic) bond motifs is 1. The van der Waals surface area contributed by atoms with Gasteiger partial charge in [0.05, 0.1) is 23.7 Å². The fourth-order valence-corrected chi connectivity index (χ4v) is 4.47. The first kappa shape index (κ1) is 27.6. The highest BCUT2D eigenvalue weighted by Crippen LogP contribution is 2.33. The van der Waals surface area contributed by atoms with Crippen molar-refractivity contribution >= 4 is 28.3 Å². The predicted octanol–water partition coefficient (Wildman–Crippen LogP) is 4.91. The van der Waals surface area contributed by atoms with Gasteiger partial charge < -0.3 is 15.0 Å². The van der Waals surface area contributed by atoms with E-state index in [9.17, 15) is 14.9 Å². The Bertz CT molecular complexity index is 2100. The molecule has 0 saturated carbocycles. The lowest BCUT2D eigenvalue weighted by Crippen LogP contribution is -2.24. The van der Waals surface area contributed by atoms with E-state index in [1.54, 1.807) is 66.7 Å². The number of nitriles is 1. The van der Waals surface area contributed by atoms with E-state index in [0.717, 1.165) is 0 Å². The minimum absolute atomic E-state index is 0.0178. The van der Waals surface area contributed by atoms with Crippen LogP contribution in [0.15, 0.2) is 112 Å². The van der Waals surface area contributed by atoms with E-state index >= 15 is 0 Å². The minimum Gasteiger partial charge on any atom is -0.495 e. The lowest BCUT2D eigenvalue weighted by molar-refractivity contribution is -0.117. The molecule has 3 aromatic carbocycles. The SMILES string of the molecule is COc1ccccc1NC(=O)C(N=Nc1c(C#N)c(-c2ccccc2)nn1-c1ncccn1)c1nc2ccccc2c(=O)[nH]1. The molecular formula is C31H22N10O3. The molecule has 13 heteroatoms. The van der Waals surface area contributed by atoms with Gasteiger partial charge in [-0.25, -0.2) is 15.0 Å². The molecule has 3 heterocycles. The number of azo groups is 1. The van der Waals surface area contributed by atoms with Crippen molar-refractivity contribution in [1.82, 2.24) is 29.7 Å². The summed E-state index contributed by atoms with van der Waals surface area (Å²) in [6.45, 7) is 0. The Morgan fingerprint density at radius 1 is 1.00 bits per heavy atom. The molecule has 3 aromatic heterocycles. The Balaban J connectivity index is 1.51. The molecule has 0 saturated heterocycles. The van der Waals surface area contributed by atoms with Crippen LogP contribution in [0.2, 0.25) is 0 Å². The van der Waals surface area contributed by atoms with Gasteiger partial charge in [-0.1, -0.05) is 54.6 Å². The lowest BCUT2D eigenvalue weighted by Gasteiger charge is -2.14. The quantitative estimate of drug-likeness (QED) is 0.238. The van der Waals surface area contributed by atoms with Gasteiger partial charge in [-0.2, -0.15) is 20.2 Å². The number of anilines is 1. The lowest BCUT2D eigenvalue weighted by atomic mass is 10.1. The Kier molecular flexibility index (Phi) is 7.61. The van der Waals surface area contributed by atoms with Crippen molar-refractivity contribution in [2.45, 2.75) is 6.04 Å². The van der Waals surface area contributed by atoms with Crippen LogP contribution >= 0.6 is 0 Å². The molecule has 1 unspecified atom stereocenters. The number of aromatic amines is 1. The first-order valence-electron chi connectivity index (χ1n) is 13.3. The van der Waals surface area contributed by atoms with Crippen molar-refractivity contribution in [2.24, 2.45) is 10.2 Å². The summed E-state index contributed by atoms with van der Waals surface area (Å²) in [5.41, 5.74) is 1.33. The van der Waals surface area contributed by atoms with Gasteiger partial charge in [0.1, 0.15) is 28.9 Å². The van der Waals surface area contributed by atoms with Crippen molar-refractivity contribution in [3.8, 4) is 29.0 Å². The second kappa shape index (κ2) is 12.1. The first-order chi connectivity index (χ1) is 21.6. The van der Waals surface area contributed by atoms with Gasteiger partial charge >= 0.3 is 0 Å². The molecule has 44 heavy (non-hydrogen) atoms. The number of methoxy groups -OCH3 is 1. The molecule has 0 fully saturated rings. The van der Waals surface area contributed by atoms with Gasteiger partial charge in [0, 0.05) is 18.0 Å². The zero-order chi connectivity index (χ0) is 30.5. The number of hydrogen-bond acceptors (Lipinski definition) is 10. The van der Waals surface area contributed by atoms with Gasteiger partial charge in [0.15, 0.2) is 5.82 Å². The Morgan fingerprint density at radius 2 is 1.73 bits per heavy atom. The van der Waals surface area contributed by atoms with Crippen LogP contribution in [0.1, 0.15) is 17.4 Å². The van der Waals surface area contributed by atoms with E-state index in [0.29, 0.717) is 33.6 Å². The molecule has 6 rings (SSSR count). The van der Waals surface area contributed by atoms with E-state index in [1.165, 1.54) is 24.2 Å².